The van der Waals surface area contributed by atoms with Crippen molar-refractivity contribution in [2.45, 2.75) is 31.3 Å². The molecule has 0 amide bonds. The van der Waals surface area contributed by atoms with Gasteiger partial charge in [0.05, 0.1) is 23.8 Å². The van der Waals surface area contributed by atoms with E-state index in [2.05, 4.69) is 41.0 Å². The highest BCUT2D eigenvalue weighted by atomic mass is 16.1. The molecule has 0 radical (unpaired) electrons. The maximum absolute atomic E-state index is 12.9. The second-order valence-electron chi connectivity index (χ2n) is 7.44. The number of H-pyrrole nitrogens is 1. The van der Waals surface area contributed by atoms with E-state index in [1.54, 1.807) is 35.6 Å². The van der Waals surface area contributed by atoms with E-state index in [0.29, 0.717) is 17.3 Å². The van der Waals surface area contributed by atoms with Crippen LogP contribution < -0.4 is 16.2 Å². The van der Waals surface area contributed by atoms with Crippen molar-refractivity contribution < 1.29 is 0 Å². The molecule has 31 heavy (non-hydrogen) atoms. The first-order chi connectivity index (χ1) is 15.3. The molecule has 1 fully saturated rings. The van der Waals surface area contributed by atoms with Gasteiger partial charge in [-0.1, -0.05) is 0 Å². The van der Waals surface area contributed by atoms with Crippen LogP contribution in [-0.4, -0.2) is 47.0 Å². The van der Waals surface area contributed by atoms with Gasteiger partial charge in [-0.25, -0.2) is 4.98 Å². The van der Waals surface area contributed by atoms with Crippen LogP contribution in [0.1, 0.15) is 19.3 Å². The number of hydrogen-bond acceptors (Lipinski definition) is 8. The highest BCUT2D eigenvalue weighted by Gasteiger charge is 2.26. The van der Waals surface area contributed by atoms with Crippen LogP contribution in [0.5, 0.6) is 0 Å². The second kappa shape index (κ2) is 8.34. The predicted molar refractivity (Wildman–Crippen MR) is 116 cm³/mol. The summed E-state index contributed by atoms with van der Waals surface area (Å²) < 4.78 is 1.60. The lowest BCUT2D eigenvalue weighted by atomic mass is 10.2. The van der Waals surface area contributed by atoms with Gasteiger partial charge >= 0.3 is 0 Å². The standard InChI is InChI=1S/C21H21N9O/c31-20-18(4-2-10-30(20)16-3-1-8-22-12-16)25-14-5-6-15(11-14)26-21-23-13-19(28-29-21)17-7-9-24-27-17/h1-4,7-10,12-15,25H,5-6,11H2,(H,24,27)(H,23,26,29)/t14-,15-/m0/s1. The van der Waals surface area contributed by atoms with Crippen molar-refractivity contribution in [2.75, 3.05) is 10.6 Å². The summed E-state index contributed by atoms with van der Waals surface area (Å²) >= 11 is 0. The molecule has 0 aromatic carbocycles. The van der Waals surface area contributed by atoms with Crippen molar-refractivity contribution >= 4 is 11.6 Å². The zero-order valence-electron chi connectivity index (χ0n) is 16.6. The normalized spacial score (nSPS) is 18.1. The predicted octanol–water partition coefficient (Wildman–Crippen LogP) is 2.25. The summed E-state index contributed by atoms with van der Waals surface area (Å²) in [5.74, 6) is 0.493. The van der Waals surface area contributed by atoms with Crippen LogP contribution in [0, 0.1) is 0 Å². The smallest absolute Gasteiger partial charge is 0.278 e. The zero-order valence-corrected chi connectivity index (χ0v) is 16.6. The van der Waals surface area contributed by atoms with E-state index in [-0.39, 0.29) is 17.6 Å². The average molecular weight is 415 g/mol. The van der Waals surface area contributed by atoms with Crippen LogP contribution in [0.3, 0.4) is 0 Å². The molecule has 0 bridgehead atoms. The summed E-state index contributed by atoms with van der Waals surface area (Å²) in [6.07, 6.45) is 11.2. The number of anilines is 2. The molecule has 1 aliphatic carbocycles. The van der Waals surface area contributed by atoms with Gasteiger partial charge in [-0.2, -0.15) is 5.10 Å². The first-order valence-corrected chi connectivity index (χ1v) is 10.1. The third-order valence-electron chi connectivity index (χ3n) is 5.34. The Morgan fingerprint density at radius 1 is 1.00 bits per heavy atom. The largest absolute Gasteiger partial charge is 0.378 e. The Labute approximate surface area is 177 Å². The summed E-state index contributed by atoms with van der Waals surface area (Å²) in [5, 5.41) is 21.8. The van der Waals surface area contributed by atoms with Crippen molar-refractivity contribution in [1.29, 1.82) is 0 Å². The summed E-state index contributed by atoms with van der Waals surface area (Å²) in [6.45, 7) is 0. The molecule has 0 unspecified atom stereocenters. The van der Waals surface area contributed by atoms with Crippen molar-refractivity contribution in [3.05, 3.63) is 71.7 Å². The number of hydrogen-bond donors (Lipinski definition) is 3. The van der Waals surface area contributed by atoms with Gasteiger partial charge in [0.25, 0.3) is 5.56 Å². The fourth-order valence-corrected chi connectivity index (χ4v) is 3.81. The van der Waals surface area contributed by atoms with Crippen LogP contribution in [0.15, 0.2) is 66.1 Å². The molecule has 4 aromatic heterocycles. The number of aromatic nitrogens is 7. The number of aromatic amines is 1. The Bertz CT molecular complexity index is 1190. The summed E-state index contributed by atoms with van der Waals surface area (Å²) in [6, 6.07) is 9.57. The van der Waals surface area contributed by atoms with E-state index in [9.17, 15) is 4.79 Å². The van der Waals surface area contributed by atoms with Gasteiger partial charge in [0.2, 0.25) is 5.95 Å². The molecule has 3 N–H and O–H groups in total. The van der Waals surface area contributed by atoms with Gasteiger partial charge < -0.3 is 10.6 Å². The van der Waals surface area contributed by atoms with E-state index in [1.165, 1.54) is 0 Å². The van der Waals surface area contributed by atoms with Crippen molar-refractivity contribution in [2.24, 2.45) is 0 Å². The number of nitrogens with zero attached hydrogens (tertiary/aromatic N) is 6. The fourth-order valence-electron chi connectivity index (χ4n) is 3.81. The van der Waals surface area contributed by atoms with Crippen LogP contribution in [-0.2, 0) is 0 Å². The van der Waals surface area contributed by atoms with Gasteiger partial charge in [0.15, 0.2) is 0 Å². The lowest BCUT2D eigenvalue weighted by molar-refractivity contribution is 0.714. The van der Waals surface area contributed by atoms with E-state index in [0.717, 1.165) is 30.6 Å². The molecule has 0 spiro atoms. The molecular formula is C21H21N9O. The molecule has 4 heterocycles. The second-order valence-corrected chi connectivity index (χ2v) is 7.44. The van der Waals surface area contributed by atoms with Crippen molar-refractivity contribution in [1.82, 2.24) is 34.9 Å². The van der Waals surface area contributed by atoms with Crippen molar-refractivity contribution in [3.8, 4) is 17.1 Å². The van der Waals surface area contributed by atoms with Crippen LogP contribution >= 0.6 is 0 Å². The van der Waals surface area contributed by atoms with Gasteiger partial charge in [-0.3, -0.25) is 19.4 Å². The minimum absolute atomic E-state index is 0.0890. The number of pyridine rings is 2. The molecule has 10 heteroatoms. The minimum Gasteiger partial charge on any atom is -0.378 e. The van der Waals surface area contributed by atoms with E-state index < -0.39 is 0 Å². The summed E-state index contributed by atoms with van der Waals surface area (Å²) in [4.78, 5) is 21.3. The quantitative estimate of drug-likeness (QED) is 0.438. The Hall–Kier alpha value is -4.08. The molecule has 0 aliphatic heterocycles. The first kappa shape index (κ1) is 18.9. The highest BCUT2D eigenvalue weighted by molar-refractivity contribution is 5.51. The Balaban J connectivity index is 1.22. The average Bonchev–Trinajstić information content (AvgIpc) is 3.49. The topological polar surface area (TPSA) is 126 Å². The minimum atomic E-state index is -0.0890. The molecule has 0 saturated heterocycles. The monoisotopic (exact) mass is 415 g/mol. The third-order valence-corrected chi connectivity index (χ3v) is 5.34. The highest BCUT2D eigenvalue weighted by Crippen LogP contribution is 2.24. The zero-order chi connectivity index (χ0) is 21.0. The third kappa shape index (κ3) is 4.13. The molecule has 156 valence electrons. The van der Waals surface area contributed by atoms with Crippen LogP contribution in [0.2, 0.25) is 0 Å². The molecular weight excluding hydrogens is 394 g/mol. The molecule has 2 atom stereocenters. The molecule has 10 nitrogen and oxygen atoms in total. The first-order valence-electron chi connectivity index (χ1n) is 10.1. The number of nitrogens with one attached hydrogen (secondary N) is 3. The summed E-state index contributed by atoms with van der Waals surface area (Å²) in [7, 11) is 0. The van der Waals surface area contributed by atoms with Crippen LogP contribution in [0.4, 0.5) is 11.6 Å². The molecule has 4 aromatic rings. The molecule has 1 aliphatic rings. The fraction of sp³-hybridized carbons (Fsp3) is 0.238. The lowest BCUT2D eigenvalue weighted by Crippen LogP contribution is -2.27. The maximum Gasteiger partial charge on any atom is 0.278 e. The molecule has 5 rings (SSSR count). The lowest BCUT2D eigenvalue weighted by Gasteiger charge is -2.16. The van der Waals surface area contributed by atoms with Gasteiger partial charge in [-0.05, 0) is 49.6 Å². The maximum atomic E-state index is 12.9. The van der Waals surface area contributed by atoms with E-state index in [1.807, 2.05) is 30.3 Å². The summed E-state index contributed by atoms with van der Waals surface area (Å²) in [5.41, 5.74) is 2.65. The van der Waals surface area contributed by atoms with Gasteiger partial charge in [0.1, 0.15) is 11.4 Å². The Morgan fingerprint density at radius 3 is 2.65 bits per heavy atom. The van der Waals surface area contributed by atoms with E-state index >= 15 is 0 Å². The van der Waals surface area contributed by atoms with E-state index in [4.69, 9.17) is 0 Å². The Kier molecular flexibility index (Phi) is 5.09. The van der Waals surface area contributed by atoms with Crippen molar-refractivity contribution in [3.63, 3.8) is 0 Å². The van der Waals surface area contributed by atoms with Crippen LogP contribution in [0.25, 0.3) is 17.1 Å². The SMILES string of the molecule is O=c1c(N[C@H]2CC[C@H](Nc3ncc(-c4ccn[nH]4)nn3)C2)cccn1-c1cccnc1. The van der Waals surface area contributed by atoms with Gasteiger partial charge in [-0.15, -0.1) is 10.2 Å². The molecule has 1 saturated carbocycles. The van der Waals surface area contributed by atoms with Gasteiger partial charge in [0, 0.05) is 30.7 Å². The Morgan fingerprint density at radius 2 is 1.90 bits per heavy atom. The number of rotatable bonds is 6.